The Balaban J connectivity index is 2.07. The Kier molecular flexibility index (Phi) is 10.0. The molecule has 0 unspecified atom stereocenters. The maximum Gasteiger partial charge on any atom is 0.329 e. The molecule has 7 heteroatoms. The molecule has 0 aliphatic carbocycles. The molecule has 0 fully saturated rings. The van der Waals surface area contributed by atoms with Crippen molar-refractivity contribution in [3.05, 3.63) is 29.3 Å². The number of aliphatic hydroxyl groups is 2. The van der Waals surface area contributed by atoms with Gasteiger partial charge < -0.3 is 30.5 Å². The van der Waals surface area contributed by atoms with Crippen LogP contribution in [0.5, 0.6) is 5.75 Å². The number of aliphatic carboxylic acids is 1. The summed E-state index contributed by atoms with van der Waals surface area (Å²) in [7, 11) is 0. The van der Waals surface area contributed by atoms with Gasteiger partial charge in [-0.1, -0.05) is 18.9 Å². The van der Waals surface area contributed by atoms with E-state index < -0.39 is 12.1 Å². The average molecular weight is 341 g/mol. The zero-order valence-electron chi connectivity index (χ0n) is 13.8. The molecular weight excluding hydrogens is 314 g/mol. The highest BCUT2D eigenvalue weighted by atomic mass is 16.5. The summed E-state index contributed by atoms with van der Waals surface area (Å²) in [5, 5.41) is 40.3. The van der Waals surface area contributed by atoms with Crippen LogP contribution in [0.25, 0.3) is 0 Å². The number of carbonyl (C=O) groups is 1. The molecule has 1 atom stereocenters. The van der Waals surface area contributed by atoms with Crippen molar-refractivity contribution in [2.45, 2.75) is 38.4 Å². The highest BCUT2D eigenvalue weighted by molar-refractivity contribution is 5.67. The summed E-state index contributed by atoms with van der Waals surface area (Å²) in [6.45, 7) is 1.13. The zero-order chi connectivity index (χ0) is 17.8. The topological polar surface area (TPSA) is 119 Å². The Morgan fingerprint density at radius 2 is 1.96 bits per heavy atom. The molecule has 0 aliphatic rings. The Bertz CT molecular complexity index is 494. The maximum atomic E-state index is 10.2. The number of ether oxygens (including phenoxy) is 1. The molecule has 1 rings (SSSR count). The molecule has 1 aromatic rings. The fourth-order valence-electron chi connectivity index (χ4n) is 2.26. The van der Waals surface area contributed by atoms with Crippen molar-refractivity contribution in [1.82, 2.24) is 5.32 Å². The van der Waals surface area contributed by atoms with Crippen molar-refractivity contribution < 1.29 is 30.0 Å². The standard InChI is InChI=1S/C17H27NO6/c19-11-14-9-13(5-6-15(14)20)16(21)10-18-7-3-1-2-4-8-24-12-17(22)23/h5-6,9,16,18-21H,1-4,7-8,10-12H2,(H,22,23)/t16-/m0/s1. The fraction of sp³-hybridized carbons (Fsp3) is 0.588. The minimum absolute atomic E-state index is 0.0220. The van der Waals surface area contributed by atoms with E-state index in [1.807, 2.05) is 0 Å². The van der Waals surface area contributed by atoms with Gasteiger partial charge in [0.1, 0.15) is 12.4 Å². The number of hydrogen-bond acceptors (Lipinski definition) is 6. The Hall–Kier alpha value is -1.67. The van der Waals surface area contributed by atoms with Crippen molar-refractivity contribution in [3.8, 4) is 5.75 Å². The van der Waals surface area contributed by atoms with Gasteiger partial charge in [-0.3, -0.25) is 0 Å². The predicted octanol–water partition coefficient (Wildman–Crippen LogP) is 1.17. The number of rotatable bonds is 13. The highest BCUT2D eigenvalue weighted by Gasteiger charge is 2.09. The number of nitrogens with one attached hydrogen (secondary N) is 1. The molecule has 0 saturated carbocycles. The molecule has 0 heterocycles. The first kappa shape index (κ1) is 20.4. The van der Waals surface area contributed by atoms with Gasteiger partial charge in [0, 0.05) is 18.7 Å². The van der Waals surface area contributed by atoms with Crippen LogP contribution in [0.1, 0.15) is 42.9 Å². The van der Waals surface area contributed by atoms with Gasteiger partial charge >= 0.3 is 5.97 Å². The van der Waals surface area contributed by atoms with Gasteiger partial charge in [-0.15, -0.1) is 0 Å². The van der Waals surface area contributed by atoms with E-state index in [0.717, 1.165) is 32.2 Å². The molecule has 0 saturated heterocycles. The van der Waals surface area contributed by atoms with Crippen molar-refractivity contribution in [2.75, 3.05) is 26.3 Å². The van der Waals surface area contributed by atoms with E-state index >= 15 is 0 Å². The lowest BCUT2D eigenvalue weighted by molar-refractivity contribution is -0.142. The van der Waals surface area contributed by atoms with E-state index in [4.69, 9.17) is 14.9 Å². The third-order valence-electron chi connectivity index (χ3n) is 3.61. The van der Waals surface area contributed by atoms with Crippen molar-refractivity contribution in [2.24, 2.45) is 0 Å². The van der Waals surface area contributed by atoms with Gasteiger partial charge in [-0.25, -0.2) is 4.79 Å². The molecule has 0 spiro atoms. The fourth-order valence-corrected chi connectivity index (χ4v) is 2.26. The van der Waals surface area contributed by atoms with E-state index in [9.17, 15) is 15.0 Å². The number of hydrogen-bond donors (Lipinski definition) is 5. The van der Waals surface area contributed by atoms with Gasteiger partial charge in [-0.05, 0) is 37.1 Å². The smallest absolute Gasteiger partial charge is 0.329 e. The van der Waals surface area contributed by atoms with E-state index in [-0.39, 0.29) is 19.0 Å². The first-order valence-electron chi connectivity index (χ1n) is 8.15. The molecule has 0 amide bonds. The summed E-state index contributed by atoms with van der Waals surface area (Å²) in [4.78, 5) is 10.2. The van der Waals surface area contributed by atoms with Crippen LogP contribution in [0.4, 0.5) is 0 Å². The molecule has 0 radical (unpaired) electrons. The summed E-state index contributed by atoms with van der Waals surface area (Å²) in [6, 6.07) is 4.70. The van der Waals surface area contributed by atoms with Crippen LogP contribution < -0.4 is 5.32 Å². The lowest BCUT2D eigenvalue weighted by Crippen LogP contribution is -2.22. The average Bonchev–Trinajstić information content (AvgIpc) is 2.56. The number of phenols is 1. The van der Waals surface area contributed by atoms with Crippen molar-refractivity contribution >= 4 is 5.97 Å². The molecule has 1 aromatic carbocycles. The molecule has 5 N–H and O–H groups in total. The van der Waals surface area contributed by atoms with Crippen LogP contribution in [0.15, 0.2) is 18.2 Å². The molecular formula is C17H27NO6. The predicted molar refractivity (Wildman–Crippen MR) is 88.8 cm³/mol. The molecule has 136 valence electrons. The van der Waals surface area contributed by atoms with Crippen LogP contribution >= 0.6 is 0 Å². The molecule has 0 bridgehead atoms. The van der Waals surface area contributed by atoms with Crippen molar-refractivity contribution in [3.63, 3.8) is 0 Å². The summed E-state index contributed by atoms with van der Waals surface area (Å²) < 4.78 is 4.95. The number of carboxylic acids is 1. The minimum atomic E-state index is -0.947. The Labute approximate surface area is 141 Å². The van der Waals surface area contributed by atoms with Gasteiger partial charge in [0.15, 0.2) is 0 Å². The Morgan fingerprint density at radius 3 is 2.67 bits per heavy atom. The Morgan fingerprint density at radius 1 is 1.21 bits per heavy atom. The van der Waals surface area contributed by atoms with Crippen LogP contribution in [-0.2, 0) is 16.1 Å². The van der Waals surface area contributed by atoms with Gasteiger partial charge in [0.2, 0.25) is 0 Å². The second-order valence-corrected chi connectivity index (χ2v) is 5.63. The summed E-state index contributed by atoms with van der Waals surface area (Å²) >= 11 is 0. The zero-order valence-corrected chi connectivity index (χ0v) is 13.8. The third kappa shape index (κ3) is 8.26. The van der Waals surface area contributed by atoms with Crippen molar-refractivity contribution in [1.29, 1.82) is 0 Å². The van der Waals surface area contributed by atoms with E-state index in [1.54, 1.807) is 12.1 Å². The van der Waals surface area contributed by atoms with E-state index in [2.05, 4.69) is 5.32 Å². The molecule has 24 heavy (non-hydrogen) atoms. The third-order valence-corrected chi connectivity index (χ3v) is 3.61. The monoisotopic (exact) mass is 341 g/mol. The number of carboxylic acid groups (broad SMARTS) is 1. The van der Waals surface area contributed by atoms with Crippen LogP contribution in [0, 0.1) is 0 Å². The number of unbranched alkanes of at least 4 members (excludes halogenated alkanes) is 3. The largest absolute Gasteiger partial charge is 0.508 e. The van der Waals surface area contributed by atoms with Gasteiger partial charge in [0.25, 0.3) is 0 Å². The summed E-state index contributed by atoms with van der Waals surface area (Å²) in [5.41, 5.74) is 1.05. The first-order valence-corrected chi connectivity index (χ1v) is 8.15. The first-order chi connectivity index (χ1) is 11.5. The highest BCUT2D eigenvalue weighted by Crippen LogP contribution is 2.22. The molecule has 0 aromatic heterocycles. The van der Waals surface area contributed by atoms with E-state index in [1.165, 1.54) is 6.07 Å². The van der Waals surface area contributed by atoms with Crippen LogP contribution in [-0.4, -0.2) is 52.7 Å². The second-order valence-electron chi connectivity index (χ2n) is 5.63. The summed E-state index contributed by atoms with van der Waals surface area (Å²) in [6.07, 6.45) is 3.09. The minimum Gasteiger partial charge on any atom is -0.508 e. The van der Waals surface area contributed by atoms with Gasteiger partial charge in [0.05, 0.1) is 12.7 Å². The lowest BCUT2D eigenvalue weighted by atomic mass is 10.1. The maximum absolute atomic E-state index is 10.2. The number of aromatic hydroxyl groups is 1. The quantitative estimate of drug-likeness (QED) is 0.342. The normalized spacial score (nSPS) is 12.2. The number of aliphatic hydroxyl groups excluding tert-OH is 2. The SMILES string of the molecule is O=C(O)COCCCCCCNC[C@H](O)c1ccc(O)c(CO)c1. The van der Waals surface area contributed by atoms with Gasteiger partial charge in [-0.2, -0.15) is 0 Å². The van der Waals surface area contributed by atoms with Crippen LogP contribution in [0.3, 0.4) is 0 Å². The number of benzene rings is 1. The molecule has 7 nitrogen and oxygen atoms in total. The van der Waals surface area contributed by atoms with E-state index in [0.29, 0.717) is 24.3 Å². The summed E-state index contributed by atoms with van der Waals surface area (Å²) in [5.74, 6) is -0.925. The molecule has 0 aliphatic heterocycles. The van der Waals surface area contributed by atoms with Crippen LogP contribution in [0.2, 0.25) is 0 Å². The lowest BCUT2D eigenvalue weighted by Gasteiger charge is -2.14. The second kappa shape index (κ2) is 11.8.